The SMILES string of the molecule is COC1CC(N2C(=O)c3cccc(c3)S(=O)(=O)Nc3nc(c(C)c(-c4c(C)cccc4C)n3)OC[C@H]2CC(C)(C)C)C1. The largest absolute Gasteiger partial charge is 0.475 e. The minimum atomic E-state index is -4.12. The predicted octanol–water partition coefficient (Wildman–Crippen LogP) is 5.69. The van der Waals surface area contributed by atoms with Crippen LogP contribution in [0, 0.1) is 26.2 Å². The number of benzene rings is 2. The molecule has 5 rings (SSSR count). The molecule has 10 heteroatoms. The smallest absolute Gasteiger partial charge is 0.264 e. The van der Waals surface area contributed by atoms with Gasteiger partial charge in [-0.2, -0.15) is 4.98 Å². The summed E-state index contributed by atoms with van der Waals surface area (Å²) >= 11 is 0. The van der Waals surface area contributed by atoms with Crippen LogP contribution in [0.15, 0.2) is 47.4 Å². The monoisotopic (exact) mass is 592 g/mol. The highest BCUT2D eigenvalue weighted by Gasteiger charge is 2.42. The molecule has 2 heterocycles. The van der Waals surface area contributed by atoms with Crippen molar-refractivity contribution in [2.24, 2.45) is 5.41 Å². The number of nitrogens with zero attached hydrogens (tertiary/aromatic N) is 3. The molecule has 0 unspecified atom stereocenters. The van der Waals surface area contributed by atoms with E-state index in [0.29, 0.717) is 36.1 Å². The molecule has 9 nitrogen and oxygen atoms in total. The first-order chi connectivity index (χ1) is 19.8. The van der Waals surface area contributed by atoms with E-state index in [1.165, 1.54) is 12.1 Å². The zero-order chi connectivity index (χ0) is 30.4. The third kappa shape index (κ3) is 6.01. The van der Waals surface area contributed by atoms with Crippen molar-refractivity contribution in [3.63, 3.8) is 0 Å². The lowest BCUT2D eigenvalue weighted by Crippen LogP contribution is -2.57. The number of carbonyl (C=O) groups is 1. The maximum Gasteiger partial charge on any atom is 0.264 e. The van der Waals surface area contributed by atoms with Crippen LogP contribution < -0.4 is 9.46 Å². The summed E-state index contributed by atoms with van der Waals surface area (Å²) in [6, 6.07) is 11.8. The number of carbonyl (C=O) groups excluding carboxylic acids is 1. The van der Waals surface area contributed by atoms with Crippen LogP contribution in [-0.2, 0) is 14.8 Å². The predicted molar refractivity (Wildman–Crippen MR) is 162 cm³/mol. The van der Waals surface area contributed by atoms with Gasteiger partial charge in [0.2, 0.25) is 11.8 Å². The minimum Gasteiger partial charge on any atom is -0.475 e. The van der Waals surface area contributed by atoms with Crippen molar-refractivity contribution >= 4 is 21.9 Å². The number of amides is 1. The van der Waals surface area contributed by atoms with E-state index in [-0.39, 0.29) is 52.8 Å². The number of rotatable bonds is 4. The maximum atomic E-state index is 14.2. The van der Waals surface area contributed by atoms with Gasteiger partial charge in [0.1, 0.15) is 6.61 Å². The fourth-order valence-electron chi connectivity index (χ4n) is 5.94. The van der Waals surface area contributed by atoms with E-state index in [4.69, 9.17) is 9.47 Å². The van der Waals surface area contributed by atoms with Crippen LogP contribution in [0.3, 0.4) is 0 Å². The van der Waals surface area contributed by atoms with Crippen LogP contribution >= 0.6 is 0 Å². The summed E-state index contributed by atoms with van der Waals surface area (Å²) in [5.74, 6) is -0.0363. The van der Waals surface area contributed by atoms with Crippen molar-refractivity contribution < 1.29 is 22.7 Å². The van der Waals surface area contributed by atoms with Crippen molar-refractivity contribution in [3.8, 4) is 17.1 Å². The molecule has 2 aromatic carbocycles. The Bertz CT molecular complexity index is 1590. The van der Waals surface area contributed by atoms with Gasteiger partial charge in [-0.3, -0.25) is 4.79 Å². The van der Waals surface area contributed by atoms with Crippen LogP contribution in [-0.4, -0.2) is 61.1 Å². The Morgan fingerprint density at radius 1 is 1.05 bits per heavy atom. The topological polar surface area (TPSA) is 111 Å². The molecule has 4 bridgehead atoms. The Kier molecular flexibility index (Phi) is 8.06. The van der Waals surface area contributed by atoms with Crippen molar-refractivity contribution in [3.05, 3.63) is 64.7 Å². The molecular formula is C32H40N4O5S. The van der Waals surface area contributed by atoms with E-state index in [2.05, 4.69) is 35.5 Å². The second-order valence-corrected chi connectivity index (χ2v) is 14.3. The van der Waals surface area contributed by atoms with Crippen LogP contribution in [0.2, 0.25) is 0 Å². The number of nitrogens with one attached hydrogen (secondary N) is 1. The number of methoxy groups -OCH3 is 1. The standard InChI is InChI=1S/C32H40N4O5S/c1-19-10-8-11-20(2)27(19)28-21(3)29-34-31(33-28)35-42(38,39)26-13-9-12-22(14-26)30(37)36(23-15-25(16-23)40-7)24(18-41-29)17-32(4,5)6/h8-14,23-25H,15-18H2,1-7H3,(H,33,34,35)/t23?,24-,25?/m1/s1. The highest BCUT2D eigenvalue weighted by Crippen LogP contribution is 2.37. The van der Waals surface area contributed by atoms with E-state index in [0.717, 1.165) is 16.7 Å². The first-order valence-electron chi connectivity index (χ1n) is 14.3. The fourth-order valence-corrected chi connectivity index (χ4v) is 6.93. The minimum absolute atomic E-state index is 0.0384. The normalized spacial score (nSPS) is 22.1. The molecule has 2 aliphatic rings. The lowest BCUT2D eigenvalue weighted by Gasteiger charge is -2.47. The molecule has 1 N–H and O–H groups in total. The first-order valence-corrected chi connectivity index (χ1v) is 15.8. The lowest BCUT2D eigenvalue weighted by atomic mass is 9.82. The van der Waals surface area contributed by atoms with E-state index in [9.17, 15) is 13.2 Å². The third-order valence-corrected chi connectivity index (χ3v) is 9.45. The number of aromatic nitrogens is 2. The number of anilines is 1. The van der Waals surface area contributed by atoms with Gasteiger partial charge < -0.3 is 14.4 Å². The van der Waals surface area contributed by atoms with E-state index in [1.807, 2.05) is 43.9 Å². The summed E-state index contributed by atoms with van der Waals surface area (Å²) in [4.78, 5) is 25.3. The Hall–Kier alpha value is -3.50. The highest BCUT2D eigenvalue weighted by atomic mass is 32.2. The quantitative estimate of drug-likeness (QED) is 0.415. The molecule has 0 radical (unpaired) electrons. The van der Waals surface area contributed by atoms with E-state index in [1.54, 1.807) is 19.2 Å². The Morgan fingerprint density at radius 2 is 1.71 bits per heavy atom. The zero-order valence-electron chi connectivity index (χ0n) is 25.4. The Morgan fingerprint density at radius 3 is 2.36 bits per heavy atom. The second kappa shape index (κ2) is 11.3. The van der Waals surface area contributed by atoms with Gasteiger partial charge in [0.25, 0.3) is 15.9 Å². The lowest BCUT2D eigenvalue weighted by molar-refractivity contribution is -0.0413. The Labute approximate surface area is 248 Å². The van der Waals surface area contributed by atoms with Crippen molar-refractivity contribution in [1.82, 2.24) is 14.9 Å². The molecule has 0 saturated heterocycles. The van der Waals surface area contributed by atoms with Gasteiger partial charge in [0, 0.05) is 29.8 Å². The summed E-state index contributed by atoms with van der Waals surface area (Å²) in [5, 5.41) is 0. The molecule has 224 valence electrons. The fraction of sp³-hybridized carbons (Fsp3) is 0.469. The van der Waals surface area contributed by atoms with Crippen LogP contribution in [0.4, 0.5) is 5.95 Å². The van der Waals surface area contributed by atoms with Crippen LogP contribution in [0.5, 0.6) is 5.88 Å². The van der Waals surface area contributed by atoms with Crippen LogP contribution in [0.25, 0.3) is 11.3 Å². The van der Waals surface area contributed by atoms with Gasteiger partial charge >= 0.3 is 0 Å². The molecule has 0 spiro atoms. The first kappa shape index (κ1) is 30.0. The molecule has 1 saturated carbocycles. The number of sulfonamides is 1. The second-order valence-electron chi connectivity index (χ2n) is 12.7. The van der Waals surface area contributed by atoms with E-state index >= 15 is 0 Å². The molecule has 1 aliphatic carbocycles. The highest BCUT2D eigenvalue weighted by molar-refractivity contribution is 7.92. The van der Waals surface area contributed by atoms with Crippen molar-refractivity contribution in [1.29, 1.82) is 0 Å². The molecule has 3 aromatic rings. The number of fused-ring (bicyclic) bond motifs is 4. The average molecular weight is 593 g/mol. The zero-order valence-corrected chi connectivity index (χ0v) is 26.2. The third-order valence-electron chi connectivity index (χ3n) is 8.12. The summed E-state index contributed by atoms with van der Waals surface area (Å²) < 4.78 is 41.7. The van der Waals surface area contributed by atoms with Crippen molar-refractivity contribution in [2.45, 2.75) is 83.9 Å². The van der Waals surface area contributed by atoms with Gasteiger partial charge in [-0.05, 0) is 74.8 Å². The number of hydrogen-bond donors (Lipinski definition) is 1. The summed E-state index contributed by atoms with van der Waals surface area (Å²) in [5.41, 5.74) is 4.38. The average Bonchev–Trinajstić information content (AvgIpc) is 2.89. The van der Waals surface area contributed by atoms with Gasteiger partial charge in [0.15, 0.2) is 0 Å². The van der Waals surface area contributed by atoms with Gasteiger partial charge in [-0.15, -0.1) is 0 Å². The molecule has 1 aliphatic heterocycles. The number of aryl methyl sites for hydroxylation is 2. The summed E-state index contributed by atoms with van der Waals surface area (Å²) in [7, 11) is -2.44. The molecule has 42 heavy (non-hydrogen) atoms. The van der Waals surface area contributed by atoms with Gasteiger partial charge in [-0.1, -0.05) is 45.0 Å². The van der Waals surface area contributed by atoms with Gasteiger partial charge in [0.05, 0.1) is 22.7 Å². The number of hydrogen-bond acceptors (Lipinski definition) is 7. The Balaban J connectivity index is 1.70. The van der Waals surface area contributed by atoms with Crippen LogP contribution in [0.1, 0.15) is 67.1 Å². The van der Waals surface area contributed by atoms with Gasteiger partial charge in [-0.25, -0.2) is 18.1 Å². The molecule has 1 fully saturated rings. The van der Waals surface area contributed by atoms with Crippen molar-refractivity contribution in [2.75, 3.05) is 18.4 Å². The summed E-state index contributed by atoms with van der Waals surface area (Å²) in [6.07, 6.45) is 2.15. The molecule has 1 amide bonds. The maximum absolute atomic E-state index is 14.2. The molecular weight excluding hydrogens is 552 g/mol. The van der Waals surface area contributed by atoms with E-state index < -0.39 is 10.0 Å². The number of ether oxygens (including phenoxy) is 2. The molecule has 1 aromatic heterocycles. The summed E-state index contributed by atoms with van der Waals surface area (Å²) in [6.45, 7) is 12.5. The molecule has 1 atom stereocenters.